The van der Waals surface area contributed by atoms with Gasteiger partial charge >= 0.3 is 0 Å². The molecule has 0 radical (unpaired) electrons. The Bertz CT molecular complexity index is 345. The van der Waals surface area contributed by atoms with Crippen molar-refractivity contribution in [3.63, 3.8) is 0 Å². The van der Waals surface area contributed by atoms with Gasteiger partial charge in [0.15, 0.2) is 0 Å². The molecule has 0 bridgehead atoms. The van der Waals surface area contributed by atoms with Gasteiger partial charge in [0.25, 0.3) is 0 Å². The zero-order valence-electron chi connectivity index (χ0n) is 11.2. The van der Waals surface area contributed by atoms with E-state index in [2.05, 4.69) is 12.2 Å². The number of rotatable bonds is 9. The van der Waals surface area contributed by atoms with Gasteiger partial charge in [-0.2, -0.15) is 0 Å². The average molecular weight is 255 g/mol. The lowest BCUT2D eigenvalue weighted by atomic mass is 10.2. The van der Waals surface area contributed by atoms with E-state index >= 15 is 0 Å². The van der Waals surface area contributed by atoms with Crippen molar-refractivity contribution in [3.05, 3.63) is 29.6 Å². The van der Waals surface area contributed by atoms with Gasteiger partial charge in [-0.25, -0.2) is 4.39 Å². The quantitative estimate of drug-likeness (QED) is 0.688. The van der Waals surface area contributed by atoms with E-state index in [-0.39, 0.29) is 5.82 Å². The van der Waals surface area contributed by atoms with Crippen molar-refractivity contribution >= 4 is 0 Å². The number of benzene rings is 1. The van der Waals surface area contributed by atoms with E-state index in [4.69, 9.17) is 9.47 Å². The van der Waals surface area contributed by atoms with Gasteiger partial charge in [-0.05, 0) is 24.1 Å². The monoisotopic (exact) mass is 255 g/mol. The molecule has 0 saturated heterocycles. The van der Waals surface area contributed by atoms with Crippen LogP contribution in [0.2, 0.25) is 0 Å². The highest BCUT2D eigenvalue weighted by molar-refractivity contribution is 5.29. The number of nitrogens with one attached hydrogen (secondary N) is 1. The molecule has 0 atom stereocenters. The first-order valence-corrected chi connectivity index (χ1v) is 6.38. The third-order valence-electron chi connectivity index (χ3n) is 2.51. The van der Waals surface area contributed by atoms with E-state index in [0.29, 0.717) is 25.5 Å². The lowest BCUT2D eigenvalue weighted by Gasteiger charge is -2.09. The summed E-state index contributed by atoms with van der Waals surface area (Å²) in [4.78, 5) is 0. The first-order chi connectivity index (χ1) is 8.76. The SMILES string of the molecule is CCCCOc1cc(F)cc(CNCCOC)c1. The van der Waals surface area contributed by atoms with Crippen molar-refractivity contribution < 1.29 is 13.9 Å². The summed E-state index contributed by atoms with van der Waals surface area (Å²) in [5.41, 5.74) is 0.887. The molecular formula is C14H22FNO2. The van der Waals surface area contributed by atoms with E-state index in [1.54, 1.807) is 7.11 Å². The van der Waals surface area contributed by atoms with Crippen molar-refractivity contribution in [2.75, 3.05) is 26.9 Å². The van der Waals surface area contributed by atoms with Gasteiger partial charge in [-0.15, -0.1) is 0 Å². The van der Waals surface area contributed by atoms with Gasteiger partial charge in [-0.3, -0.25) is 0 Å². The van der Waals surface area contributed by atoms with Gasteiger partial charge in [-0.1, -0.05) is 13.3 Å². The van der Waals surface area contributed by atoms with Gasteiger partial charge in [0.05, 0.1) is 13.2 Å². The molecule has 0 amide bonds. The predicted molar refractivity (Wildman–Crippen MR) is 70.4 cm³/mol. The van der Waals surface area contributed by atoms with Crippen molar-refractivity contribution in [3.8, 4) is 5.75 Å². The van der Waals surface area contributed by atoms with Crippen LogP contribution < -0.4 is 10.1 Å². The summed E-state index contributed by atoms with van der Waals surface area (Å²) in [5.74, 6) is 0.347. The fraction of sp³-hybridized carbons (Fsp3) is 0.571. The van der Waals surface area contributed by atoms with Crippen LogP contribution in [0.4, 0.5) is 4.39 Å². The molecule has 1 aromatic carbocycles. The summed E-state index contributed by atoms with van der Waals surface area (Å²) in [6.07, 6.45) is 2.05. The summed E-state index contributed by atoms with van der Waals surface area (Å²) in [6, 6.07) is 4.82. The highest BCUT2D eigenvalue weighted by Gasteiger charge is 2.02. The maximum atomic E-state index is 13.4. The van der Waals surface area contributed by atoms with Gasteiger partial charge in [0, 0.05) is 26.3 Å². The molecule has 0 aliphatic rings. The van der Waals surface area contributed by atoms with Crippen LogP contribution in [0.5, 0.6) is 5.75 Å². The third-order valence-corrected chi connectivity index (χ3v) is 2.51. The summed E-state index contributed by atoms with van der Waals surface area (Å²) < 4.78 is 23.8. The van der Waals surface area contributed by atoms with Crippen LogP contribution >= 0.6 is 0 Å². The smallest absolute Gasteiger partial charge is 0.127 e. The molecule has 1 aromatic rings. The van der Waals surface area contributed by atoms with Gasteiger partial charge in [0.1, 0.15) is 11.6 Å². The first-order valence-electron chi connectivity index (χ1n) is 6.38. The summed E-state index contributed by atoms with van der Waals surface area (Å²) in [7, 11) is 1.66. The molecule has 1 N–H and O–H groups in total. The van der Waals surface area contributed by atoms with Crippen LogP contribution in [0, 0.1) is 5.82 Å². The average Bonchev–Trinajstić information content (AvgIpc) is 2.34. The normalized spacial score (nSPS) is 10.6. The highest BCUT2D eigenvalue weighted by Crippen LogP contribution is 2.16. The second kappa shape index (κ2) is 8.89. The lowest BCUT2D eigenvalue weighted by molar-refractivity contribution is 0.199. The highest BCUT2D eigenvalue weighted by atomic mass is 19.1. The molecule has 0 fully saturated rings. The number of hydrogen-bond acceptors (Lipinski definition) is 3. The second-order valence-corrected chi connectivity index (χ2v) is 4.17. The van der Waals surface area contributed by atoms with Crippen LogP contribution in [0.25, 0.3) is 0 Å². The standard InChI is InChI=1S/C14H22FNO2/c1-3-4-6-18-14-9-12(8-13(15)10-14)11-16-5-7-17-2/h8-10,16H,3-7,11H2,1-2H3. The van der Waals surface area contributed by atoms with Crippen LogP contribution in [0.3, 0.4) is 0 Å². The minimum absolute atomic E-state index is 0.257. The van der Waals surface area contributed by atoms with Gasteiger partial charge in [0.2, 0.25) is 0 Å². The van der Waals surface area contributed by atoms with Crippen molar-refractivity contribution in [2.45, 2.75) is 26.3 Å². The molecule has 0 saturated carbocycles. The molecular weight excluding hydrogens is 233 g/mol. The Kier molecular flexibility index (Phi) is 7.37. The Hall–Kier alpha value is -1.13. The molecule has 4 heteroatoms. The molecule has 1 rings (SSSR count). The number of hydrogen-bond donors (Lipinski definition) is 1. The van der Waals surface area contributed by atoms with Crippen molar-refractivity contribution in [1.82, 2.24) is 5.32 Å². The van der Waals surface area contributed by atoms with Crippen LogP contribution in [0.1, 0.15) is 25.3 Å². The number of methoxy groups -OCH3 is 1. The molecule has 18 heavy (non-hydrogen) atoms. The summed E-state index contributed by atoms with van der Waals surface area (Å²) >= 11 is 0. The van der Waals surface area contributed by atoms with Crippen molar-refractivity contribution in [1.29, 1.82) is 0 Å². The topological polar surface area (TPSA) is 30.5 Å². The van der Waals surface area contributed by atoms with E-state index in [0.717, 1.165) is 24.9 Å². The first kappa shape index (κ1) is 14.9. The van der Waals surface area contributed by atoms with Crippen LogP contribution in [-0.4, -0.2) is 26.9 Å². The van der Waals surface area contributed by atoms with Crippen LogP contribution in [-0.2, 0) is 11.3 Å². The Morgan fingerprint density at radius 1 is 1.22 bits per heavy atom. The summed E-state index contributed by atoms with van der Waals surface area (Å²) in [6.45, 7) is 4.75. The minimum Gasteiger partial charge on any atom is -0.493 e. The van der Waals surface area contributed by atoms with Crippen LogP contribution in [0.15, 0.2) is 18.2 Å². The molecule has 0 aromatic heterocycles. The van der Waals surface area contributed by atoms with E-state index in [1.807, 2.05) is 6.07 Å². The molecule has 0 aliphatic heterocycles. The Balaban J connectivity index is 2.46. The van der Waals surface area contributed by atoms with Gasteiger partial charge < -0.3 is 14.8 Å². The Morgan fingerprint density at radius 3 is 2.78 bits per heavy atom. The van der Waals surface area contributed by atoms with E-state index < -0.39 is 0 Å². The predicted octanol–water partition coefficient (Wildman–Crippen LogP) is 2.74. The maximum absolute atomic E-state index is 13.4. The largest absolute Gasteiger partial charge is 0.493 e. The number of ether oxygens (including phenoxy) is 2. The van der Waals surface area contributed by atoms with E-state index in [1.165, 1.54) is 12.1 Å². The lowest BCUT2D eigenvalue weighted by Crippen LogP contribution is -2.18. The van der Waals surface area contributed by atoms with E-state index in [9.17, 15) is 4.39 Å². The molecule has 3 nitrogen and oxygen atoms in total. The fourth-order valence-corrected chi connectivity index (χ4v) is 1.55. The molecule has 0 spiro atoms. The maximum Gasteiger partial charge on any atom is 0.127 e. The molecule has 0 heterocycles. The fourth-order valence-electron chi connectivity index (χ4n) is 1.55. The number of unbranched alkanes of at least 4 members (excludes halogenated alkanes) is 1. The summed E-state index contributed by atoms with van der Waals surface area (Å²) in [5, 5.41) is 3.18. The third kappa shape index (κ3) is 5.98. The number of halogens is 1. The van der Waals surface area contributed by atoms with Crippen molar-refractivity contribution in [2.24, 2.45) is 0 Å². The Morgan fingerprint density at radius 2 is 2.06 bits per heavy atom. The minimum atomic E-state index is -0.257. The Labute approximate surface area is 108 Å². The zero-order valence-corrected chi connectivity index (χ0v) is 11.2. The zero-order chi connectivity index (χ0) is 13.2. The molecule has 0 aliphatic carbocycles. The second-order valence-electron chi connectivity index (χ2n) is 4.17. The molecule has 102 valence electrons. The molecule has 0 unspecified atom stereocenters.